The lowest BCUT2D eigenvalue weighted by atomic mass is 10.1. The van der Waals surface area contributed by atoms with Crippen molar-refractivity contribution in [2.45, 2.75) is 40.2 Å². The van der Waals surface area contributed by atoms with Crippen molar-refractivity contribution in [3.8, 4) is 0 Å². The number of hydrogen-bond donors (Lipinski definition) is 0. The van der Waals surface area contributed by atoms with Gasteiger partial charge in [-0.25, -0.2) is 14.8 Å². The van der Waals surface area contributed by atoms with Crippen LogP contribution in [0.5, 0.6) is 0 Å². The first-order chi connectivity index (χ1) is 11.6. The molecule has 0 amide bonds. The molecule has 0 aliphatic carbocycles. The van der Waals surface area contributed by atoms with Crippen LogP contribution in [0.25, 0.3) is 10.2 Å². The standard InChI is InChI=1S/C17H23N3O3S/c1-5-12-9-22-8-7-20(12)15-13-10(3)14(17(21)23-6-2)24-16(13)19-11(4)18-15/h12H,5-9H2,1-4H3. The molecule has 3 rings (SSSR count). The van der Waals surface area contributed by atoms with Crippen molar-refractivity contribution in [2.75, 3.05) is 31.3 Å². The lowest BCUT2D eigenvalue weighted by Crippen LogP contribution is -2.45. The minimum Gasteiger partial charge on any atom is -0.462 e. The Morgan fingerprint density at radius 3 is 2.88 bits per heavy atom. The SMILES string of the molecule is CCOC(=O)c1sc2nc(C)nc(N3CCOCC3CC)c2c1C. The van der Waals surface area contributed by atoms with Gasteiger partial charge in [0, 0.05) is 6.54 Å². The second kappa shape index (κ2) is 7.03. The molecule has 130 valence electrons. The number of esters is 1. The van der Waals surface area contributed by atoms with Crippen molar-refractivity contribution in [2.24, 2.45) is 0 Å². The topological polar surface area (TPSA) is 64.5 Å². The molecule has 0 saturated carbocycles. The highest BCUT2D eigenvalue weighted by molar-refractivity contribution is 7.20. The van der Waals surface area contributed by atoms with Gasteiger partial charge in [0.05, 0.1) is 31.2 Å². The number of carbonyl (C=O) groups excluding carboxylic acids is 1. The quantitative estimate of drug-likeness (QED) is 0.790. The van der Waals surface area contributed by atoms with Crippen LogP contribution in [0, 0.1) is 13.8 Å². The van der Waals surface area contributed by atoms with Crippen LogP contribution in [0.3, 0.4) is 0 Å². The Bertz CT molecular complexity index is 759. The Kier molecular flexibility index (Phi) is 5.01. The normalized spacial score (nSPS) is 18.2. The van der Waals surface area contributed by atoms with E-state index in [1.807, 2.05) is 20.8 Å². The first-order valence-corrected chi connectivity index (χ1v) is 9.17. The van der Waals surface area contributed by atoms with Crippen LogP contribution in [0.1, 0.15) is 41.3 Å². The molecule has 0 aromatic carbocycles. The zero-order valence-corrected chi connectivity index (χ0v) is 15.4. The molecule has 3 heterocycles. The first kappa shape index (κ1) is 17.1. The minimum absolute atomic E-state index is 0.282. The third kappa shape index (κ3) is 2.98. The Labute approximate surface area is 145 Å². The van der Waals surface area contributed by atoms with Gasteiger partial charge in [-0.15, -0.1) is 11.3 Å². The third-order valence-corrected chi connectivity index (χ3v) is 5.48. The lowest BCUT2D eigenvalue weighted by Gasteiger charge is -2.36. The monoisotopic (exact) mass is 349 g/mol. The van der Waals surface area contributed by atoms with E-state index in [9.17, 15) is 4.79 Å². The fourth-order valence-corrected chi connectivity index (χ4v) is 4.21. The summed E-state index contributed by atoms with van der Waals surface area (Å²) >= 11 is 1.39. The summed E-state index contributed by atoms with van der Waals surface area (Å²) in [5, 5.41) is 0.967. The van der Waals surface area contributed by atoms with Gasteiger partial charge in [0.15, 0.2) is 0 Å². The number of carbonyl (C=O) groups is 1. The number of nitrogens with zero attached hydrogens (tertiary/aromatic N) is 3. The number of morpholine rings is 1. The summed E-state index contributed by atoms with van der Waals surface area (Å²) in [6, 6.07) is 0.293. The van der Waals surface area contributed by atoms with E-state index in [0.717, 1.165) is 40.4 Å². The Hall–Kier alpha value is -1.73. The largest absolute Gasteiger partial charge is 0.462 e. The number of fused-ring (bicyclic) bond motifs is 1. The van der Waals surface area contributed by atoms with Crippen LogP contribution in [-0.2, 0) is 9.47 Å². The number of aryl methyl sites for hydroxylation is 2. The molecule has 2 aromatic rings. The van der Waals surface area contributed by atoms with Gasteiger partial charge in [0.1, 0.15) is 21.3 Å². The molecule has 1 unspecified atom stereocenters. The van der Waals surface area contributed by atoms with Crippen molar-refractivity contribution in [1.29, 1.82) is 0 Å². The summed E-state index contributed by atoms with van der Waals surface area (Å²) in [5.74, 6) is 1.35. The summed E-state index contributed by atoms with van der Waals surface area (Å²) in [6.45, 7) is 10.4. The zero-order chi connectivity index (χ0) is 17.3. The molecule has 2 aromatic heterocycles. The van der Waals surface area contributed by atoms with Gasteiger partial charge in [0.2, 0.25) is 0 Å². The van der Waals surface area contributed by atoms with E-state index in [0.29, 0.717) is 30.7 Å². The highest BCUT2D eigenvalue weighted by atomic mass is 32.1. The van der Waals surface area contributed by atoms with Gasteiger partial charge in [-0.2, -0.15) is 0 Å². The maximum Gasteiger partial charge on any atom is 0.348 e. The molecular weight excluding hydrogens is 326 g/mol. The fourth-order valence-electron chi connectivity index (χ4n) is 3.09. The molecule has 1 aliphatic rings. The number of thiophene rings is 1. The van der Waals surface area contributed by atoms with E-state index >= 15 is 0 Å². The molecule has 0 N–H and O–H groups in total. The Morgan fingerprint density at radius 1 is 1.38 bits per heavy atom. The first-order valence-electron chi connectivity index (χ1n) is 8.36. The number of anilines is 1. The molecule has 6 nitrogen and oxygen atoms in total. The lowest BCUT2D eigenvalue weighted by molar-refractivity contribution is 0.0531. The maximum absolute atomic E-state index is 12.2. The third-order valence-electron chi connectivity index (χ3n) is 4.31. The minimum atomic E-state index is -0.282. The van der Waals surface area contributed by atoms with E-state index in [4.69, 9.17) is 14.5 Å². The number of rotatable bonds is 4. The molecule has 7 heteroatoms. The van der Waals surface area contributed by atoms with Gasteiger partial charge >= 0.3 is 5.97 Å². The van der Waals surface area contributed by atoms with Crippen LogP contribution in [-0.4, -0.2) is 48.3 Å². The average molecular weight is 349 g/mol. The van der Waals surface area contributed by atoms with Crippen LogP contribution >= 0.6 is 11.3 Å². The molecule has 0 radical (unpaired) electrons. The highest BCUT2D eigenvalue weighted by Crippen LogP contribution is 2.37. The molecule has 24 heavy (non-hydrogen) atoms. The number of aromatic nitrogens is 2. The van der Waals surface area contributed by atoms with Crippen molar-refractivity contribution >= 4 is 33.3 Å². The summed E-state index contributed by atoms with van der Waals surface area (Å²) in [7, 11) is 0. The van der Waals surface area contributed by atoms with Crippen molar-refractivity contribution in [1.82, 2.24) is 9.97 Å². The van der Waals surface area contributed by atoms with Crippen molar-refractivity contribution in [3.63, 3.8) is 0 Å². The van der Waals surface area contributed by atoms with Crippen LogP contribution in [0.15, 0.2) is 0 Å². The zero-order valence-electron chi connectivity index (χ0n) is 14.6. The molecule has 1 saturated heterocycles. The molecule has 0 spiro atoms. The average Bonchev–Trinajstić information content (AvgIpc) is 2.91. The van der Waals surface area contributed by atoms with Gasteiger partial charge in [-0.1, -0.05) is 6.92 Å². The highest BCUT2D eigenvalue weighted by Gasteiger charge is 2.28. The van der Waals surface area contributed by atoms with Gasteiger partial charge in [-0.05, 0) is 32.8 Å². The fraction of sp³-hybridized carbons (Fsp3) is 0.588. The number of hydrogen-bond acceptors (Lipinski definition) is 7. The van der Waals surface area contributed by atoms with Crippen LogP contribution in [0.2, 0.25) is 0 Å². The second-order valence-electron chi connectivity index (χ2n) is 5.88. The summed E-state index contributed by atoms with van der Waals surface area (Å²) in [4.78, 5) is 25.3. The second-order valence-corrected chi connectivity index (χ2v) is 6.88. The van der Waals surface area contributed by atoms with E-state index < -0.39 is 0 Å². The molecule has 1 aliphatic heterocycles. The summed E-state index contributed by atoms with van der Waals surface area (Å²) in [5.41, 5.74) is 0.907. The van der Waals surface area contributed by atoms with Gasteiger partial charge in [0.25, 0.3) is 0 Å². The van der Waals surface area contributed by atoms with Crippen molar-refractivity contribution in [3.05, 3.63) is 16.3 Å². The maximum atomic E-state index is 12.2. The Balaban J connectivity index is 2.15. The summed E-state index contributed by atoms with van der Waals surface area (Å²) in [6.07, 6.45) is 0.985. The molecule has 1 atom stereocenters. The van der Waals surface area contributed by atoms with Crippen LogP contribution < -0.4 is 4.90 Å². The van der Waals surface area contributed by atoms with Gasteiger partial charge < -0.3 is 14.4 Å². The van der Waals surface area contributed by atoms with E-state index in [1.54, 1.807) is 0 Å². The van der Waals surface area contributed by atoms with E-state index in [2.05, 4.69) is 16.8 Å². The van der Waals surface area contributed by atoms with E-state index in [-0.39, 0.29) is 5.97 Å². The summed E-state index contributed by atoms with van der Waals surface area (Å²) < 4.78 is 10.8. The van der Waals surface area contributed by atoms with Gasteiger partial charge in [-0.3, -0.25) is 0 Å². The predicted molar refractivity (Wildman–Crippen MR) is 95.1 cm³/mol. The number of ether oxygens (including phenoxy) is 2. The molecular formula is C17H23N3O3S. The predicted octanol–water partition coefficient (Wildman–Crippen LogP) is 3.10. The molecule has 0 bridgehead atoms. The van der Waals surface area contributed by atoms with E-state index in [1.165, 1.54) is 11.3 Å². The van der Waals surface area contributed by atoms with Crippen molar-refractivity contribution < 1.29 is 14.3 Å². The molecule has 1 fully saturated rings. The smallest absolute Gasteiger partial charge is 0.348 e. The Morgan fingerprint density at radius 2 is 2.17 bits per heavy atom. The van der Waals surface area contributed by atoms with Crippen LogP contribution in [0.4, 0.5) is 5.82 Å².